The lowest BCUT2D eigenvalue weighted by Crippen LogP contribution is -2.43. The number of ether oxygens (including phenoxy) is 1. The molecule has 0 radical (unpaired) electrons. The van der Waals surface area contributed by atoms with Crippen LogP contribution in [-0.4, -0.2) is 42.8 Å². The molecule has 2 aromatic carbocycles. The molecule has 3 aromatic rings. The van der Waals surface area contributed by atoms with Crippen LogP contribution in [0.25, 0.3) is 11.3 Å². The molecule has 172 valence electrons. The monoisotopic (exact) mass is 444 g/mol. The summed E-state index contributed by atoms with van der Waals surface area (Å²) in [7, 11) is 1.66. The van der Waals surface area contributed by atoms with Crippen LogP contribution in [-0.2, 0) is 4.79 Å². The van der Waals surface area contributed by atoms with Gasteiger partial charge in [0.1, 0.15) is 5.75 Å². The van der Waals surface area contributed by atoms with Crippen LogP contribution in [0.1, 0.15) is 32.6 Å². The highest BCUT2D eigenvalue weighted by molar-refractivity contribution is 5.95. The topological polar surface area (TPSA) is 58.6 Å². The Morgan fingerprint density at radius 2 is 1.73 bits per heavy atom. The molecule has 6 nitrogen and oxygen atoms in total. The molecule has 1 saturated heterocycles. The molecule has 2 heterocycles. The fourth-order valence-electron chi connectivity index (χ4n) is 4.36. The van der Waals surface area contributed by atoms with Crippen molar-refractivity contribution in [1.82, 2.24) is 10.2 Å². The molecule has 0 unspecified atom stereocenters. The molecule has 0 atom stereocenters. The maximum absolute atomic E-state index is 13.4. The summed E-state index contributed by atoms with van der Waals surface area (Å²) in [6.07, 6.45) is 3.72. The van der Waals surface area contributed by atoms with E-state index in [0.29, 0.717) is 0 Å². The van der Waals surface area contributed by atoms with Crippen LogP contribution in [0.4, 0.5) is 11.5 Å². The summed E-state index contributed by atoms with van der Waals surface area (Å²) in [5.74, 6) is 1.92. The fourth-order valence-corrected chi connectivity index (χ4v) is 4.36. The van der Waals surface area contributed by atoms with Gasteiger partial charge in [-0.2, -0.15) is 0 Å². The molecular formula is C27H32N4O2. The molecule has 33 heavy (non-hydrogen) atoms. The van der Waals surface area contributed by atoms with E-state index < -0.39 is 0 Å². The Bertz CT molecular complexity index is 1030. The van der Waals surface area contributed by atoms with Gasteiger partial charge in [-0.15, -0.1) is 10.2 Å². The van der Waals surface area contributed by atoms with E-state index in [1.54, 1.807) is 7.11 Å². The highest BCUT2D eigenvalue weighted by atomic mass is 16.5. The first-order chi connectivity index (χ1) is 16.2. The standard InChI is InChI=1S/C27H32N4O2/c1-3-4-18-31(22-10-6-5-7-11-22)27(32)21-16-19-30(20-17-21)26-15-14-24(28-29-26)23-12-8-9-13-25(23)33-2/h5-15,21H,3-4,16-20H2,1-2H3. The lowest BCUT2D eigenvalue weighted by molar-refractivity contribution is -0.123. The van der Waals surface area contributed by atoms with Gasteiger partial charge in [0.25, 0.3) is 0 Å². The second-order valence-corrected chi connectivity index (χ2v) is 8.42. The predicted octanol–water partition coefficient (Wildman–Crippen LogP) is 5.20. The van der Waals surface area contributed by atoms with Crippen LogP contribution in [0.5, 0.6) is 5.75 Å². The molecule has 6 heteroatoms. The van der Waals surface area contributed by atoms with Gasteiger partial charge in [-0.1, -0.05) is 43.7 Å². The van der Waals surface area contributed by atoms with Gasteiger partial charge >= 0.3 is 0 Å². The van der Waals surface area contributed by atoms with Crippen LogP contribution in [0.15, 0.2) is 66.7 Å². The third-order valence-electron chi connectivity index (χ3n) is 6.27. The number of aromatic nitrogens is 2. The second-order valence-electron chi connectivity index (χ2n) is 8.42. The molecule has 4 rings (SSSR count). The van der Waals surface area contributed by atoms with Crippen molar-refractivity contribution in [3.63, 3.8) is 0 Å². The molecule has 0 spiro atoms. The van der Waals surface area contributed by atoms with Gasteiger partial charge in [0, 0.05) is 36.8 Å². The Balaban J connectivity index is 1.40. The Kier molecular flexibility index (Phi) is 7.55. The van der Waals surface area contributed by atoms with E-state index in [2.05, 4.69) is 22.0 Å². The number of nitrogens with zero attached hydrogens (tertiary/aromatic N) is 4. The lowest BCUT2D eigenvalue weighted by atomic mass is 9.94. The largest absolute Gasteiger partial charge is 0.496 e. The number of benzene rings is 2. The molecule has 0 saturated carbocycles. The molecule has 0 aliphatic carbocycles. The van der Waals surface area contributed by atoms with Crippen molar-refractivity contribution in [2.45, 2.75) is 32.6 Å². The van der Waals surface area contributed by atoms with Crippen molar-refractivity contribution in [2.24, 2.45) is 5.92 Å². The molecule has 1 aromatic heterocycles. The average Bonchev–Trinajstić information content (AvgIpc) is 2.89. The van der Waals surface area contributed by atoms with Gasteiger partial charge in [-0.05, 0) is 55.7 Å². The van der Waals surface area contributed by atoms with Crippen LogP contribution < -0.4 is 14.5 Å². The molecule has 1 amide bonds. The van der Waals surface area contributed by atoms with Crippen molar-refractivity contribution in [3.05, 3.63) is 66.7 Å². The summed E-state index contributed by atoms with van der Waals surface area (Å²) in [5.41, 5.74) is 2.71. The quantitative estimate of drug-likeness (QED) is 0.478. The lowest BCUT2D eigenvalue weighted by Gasteiger charge is -2.34. The Morgan fingerprint density at radius 3 is 2.39 bits per heavy atom. The maximum Gasteiger partial charge on any atom is 0.230 e. The van der Waals surface area contributed by atoms with E-state index in [1.165, 1.54) is 0 Å². The molecule has 1 aliphatic rings. The van der Waals surface area contributed by atoms with Gasteiger partial charge in [0.2, 0.25) is 5.91 Å². The van der Waals surface area contributed by atoms with Crippen molar-refractivity contribution >= 4 is 17.4 Å². The average molecular weight is 445 g/mol. The third-order valence-corrected chi connectivity index (χ3v) is 6.27. The first-order valence-electron chi connectivity index (χ1n) is 11.8. The van der Waals surface area contributed by atoms with Crippen molar-refractivity contribution < 1.29 is 9.53 Å². The SMILES string of the molecule is CCCCN(C(=O)C1CCN(c2ccc(-c3ccccc3OC)nn2)CC1)c1ccccc1. The summed E-state index contributed by atoms with van der Waals surface area (Å²) >= 11 is 0. The number of hydrogen-bond donors (Lipinski definition) is 0. The first-order valence-corrected chi connectivity index (χ1v) is 11.8. The zero-order valence-corrected chi connectivity index (χ0v) is 19.5. The zero-order chi connectivity index (χ0) is 23.0. The molecule has 0 bridgehead atoms. The van der Waals surface area contributed by atoms with Crippen molar-refractivity contribution in [1.29, 1.82) is 0 Å². The van der Waals surface area contributed by atoms with E-state index in [-0.39, 0.29) is 11.8 Å². The van der Waals surface area contributed by atoms with Crippen LogP contribution in [0, 0.1) is 5.92 Å². The normalized spacial score (nSPS) is 14.2. The molecule has 0 N–H and O–H groups in total. The number of anilines is 2. The minimum absolute atomic E-state index is 0.0409. The highest BCUT2D eigenvalue weighted by Gasteiger charge is 2.29. The van der Waals surface area contributed by atoms with Crippen molar-refractivity contribution in [3.8, 4) is 17.0 Å². The zero-order valence-electron chi connectivity index (χ0n) is 19.5. The number of hydrogen-bond acceptors (Lipinski definition) is 5. The smallest absolute Gasteiger partial charge is 0.230 e. The van der Waals surface area contributed by atoms with Gasteiger partial charge < -0.3 is 14.5 Å². The minimum atomic E-state index is 0.0409. The van der Waals surface area contributed by atoms with Gasteiger partial charge in [0.05, 0.1) is 12.8 Å². The summed E-state index contributed by atoms with van der Waals surface area (Å²) in [5, 5.41) is 8.91. The number of carbonyl (C=O) groups excluding carboxylic acids is 1. The number of carbonyl (C=O) groups is 1. The molecule has 1 fully saturated rings. The molecular weight excluding hydrogens is 412 g/mol. The Labute approximate surface area is 196 Å². The predicted molar refractivity (Wildman–Crippen MR) is 133 cm³/mol. The Hall–Kier alpha value is -3.41. The summed E-state index contributed by atoms with van der Waals surface area (Å²) in [6, 6.07) is 21.9. The Morgan fingerprint density at radius 1 is 1.00 bits per heavy atom. The minimum Gasteiger partial charge on any atom is -0.496 e. The summed E-state index contributed by atoms with van der Waals surface area (Å²) < 4.78 is 5.44. The van der Waals surface area contributed by atoms with E-state index in [1.807, 2.05) is 71.6 Å². The number of piperidine rings is 1. The van der Waals surface area contributed by atoms with Gasteiger partial charge in [-0.3, -0.25) is 4.79 Å². The third kappa shape index (κ3) is 5.33. The van der Waals surface area contributed by atoms with Crippen LogP contribution in [0.2, 0.25) is 0 Å². The number of rotatable bonds is 8. The summed E-state index contributed by atoms with van der Waals surface area (Å²) in [6.45, 7) is 4.53. The number of unbranched alkanes of at least 4 members (excludes halogenated alkanes) is 1. The van der Waals surface area contributed by atoms with Crippen LogP contribution >= 0.6 is 0 Å². The maximum atomic E-state index is 13.4. The van der Waals surface area contributed by atoms with E-state index in [4.69, 9.17) is 4.74 Å². The number of methoxy groups -OCH3 is 1. The number of amides is 1. The summed E-state index contributed by atoms with van der Waals surface area (Å²) in [4.78, 5) is 17.6. The first kappa shape index (κ1) is 22.8. The molecule has 1 aliphatic heterocycles. The van der Waals surface area contributed by atoms with Gasteiger partial charge in [0.15, 0.2) is 5.82 Å². The highest BCUT2D eigenvalue weighted by Crippen LogP contribution is 2.30. The number of para-hydroxylation sites is 2. The fraction of sp³-hybridized carbons (Fsp3) is 0.370. The van der Waals surface area contributed by atoms with Crippen LogP contribution in [0.3, 0.4) is 0 Å². The van der Waals surface area contributed by atoms with E-state index >= 15 is 0 Å². The van der Waals surface area contributed by atoms with Gasteiger partial charge in [-0.25, -0.2) is 0 Å². The van der Waals surface area contributed by atoms with E-state index in [9.17, 15) is 4.79 Å². The van der Waals surface area contributed by atoms with Crippen molar-refractivity contribution in [2.75, 3.05) is 36.5 Å². The second kappa shape index (κ2) is 10.9. The van der Waals surface area contributed by atoms with E-state index in [0.717, 1.165) is 73.8 Å².